The number of aromatic nitrogens is 2. The molecule has 0 aliphatic heterocycles. The molecule has 1 heterocycles. The molecule has 0 amide bonds. The molecule has 0 aliphatic carbocycles. The van der Waals surface area contributed by atoms with E-state index in [-0.39, 0.29) is 25.5 Å². The quantitative estimate of drug-likeness (QED) is 0.769. The van der Waals surface area contributed by atoms with Crippen LogP contribution in [0.15, 0.2) is 6.20 Å². The molecular weight excluding hydrogens is 265 g/mol. The van der Waals surface area contributed by atoms with Gasteiger partial charge in [-0.2, -0.15) is 13.2 Å². The second kappa shape index (κ2) is 6.46. The Morgan fingerprint density at radius 1 is 1.42 bits per heavy atom. The Morgan fingerprint density at radius 3 is 2.63 bits per heavy atom. The van der Waals surface area contributed by atoms with E-state index in [1.54, 1.807) is 0 Å². The maximum absolute atomic E-state index is 12.8. The van der Waals surface area contributed by atoms with Crippen LogP contribution in [-0.4, -0.2) is 36.3 Å². The third-order valence-corrected chi connectivity index (χ3v) is 2.13. The van der Waals surface area contributed by atoms with Crippen LogP contribution in [0.25, 0.3) is 0 Å². The minimum Gasteiger partial charge on any atom is -0.462 e. The average Bonchev–Trinajstić information content (AvgIpc) is 2.35. The van der Waals surface area contributed by atoms with Gasteiger partial charge >= 0.3 is 12.1 Å². The van der Waals surface area contributed by atoms with Crippen molar-refractivity contribution in [2.75, 3.05) is 20.3 Å². The number of hydrogen-bond donors (Lipinski definition) is 0. The molecule has 0 radical (unpaired) electrons. The van der Waals surface area contributed by atoms with Gasteiger partial charge < -0.3 is 9.47 Å². The zero-order chi connectivity index (χ0) is 14.5. The van der Waals surface area contributed by atoms with Crippen LogP contribution < -0.4 is 0 Å². The first-order valence-electron chi connectivity index (χ1n) is 5.49. The molecule has 1 rings (SSSR count). The van der Waals surface area contributed by atoms with Gasteiger partial charge in [0.05, 0.1) is 13.2 Å². The second-order valence-corrected chi connectivity index (χ2v) is 3.51. The maximum Gasteiger partial charge on any atom is 0.434 e. The predicted octanol–water partition coefficient (Wildman–Crippen LogP) is 1.86. The zero-order valence-corrected chi connectivity index (χ0v) is 10.5. The molecule has 1 aromatic heterocycles. The second-order valence-electron chi connectivity index (χ2n) is 3.51. The van der Waals surface area contributed by atoms with Crippen molar-refractivity contribution >= 4 is 5.97 Å². The first-order valence-corrected chi connectivity index (χ1v) is 5.49. The van der Waals surface area contributed by atoms with E-state index in [2.05, 4.69) is 14.7 Å². The molecule has 0 unspecified atom stereocenters. The number of carbonyl (C=O) groups excluding carboxylic acids is 1. The summed E-state index contributed by atoms with van der Waals surface area (Å²) < 4.78 is 47.7. The maximum atomic E-state index is 12.8. The lowest BCUT2D eigenvalue weighted by molar-refractivity contribution is -0.142. The van der Waals surface area contributed by atoms with Crippen molar-refractivity contribution in [3.8, 4) is 0 Å². The van der Waals surface area contributed by atoms with Crippen LogP contribution >= 0.6 is 0 Å². The molecule has 0 bridgehead atoms. The molecule has 0 spiro atoms. The van der Waals surface area contributed by atoms with Gasteiger partial charge in [0, 0.05) is 19.7 Å². The highest BCUT2D eigenvalue weighted by Gasteiger charge is 2.38. The molecule has 0 saturated carbocycles. The van der Waals surface area contributed by atoms with Gasteiger partial charge in [-0.25, -0.2) is 14.8 Å². The van der Waals surface area contributed by atoms with Crippen molar-refractivity contribution in [3.63, 3.8) is 0 Å². The summed E-state index contributed by atoms with van der Waals surface area (Å²) in [6.07, 6.45) is -3.78. The van der Waals surface area contributed by atoms with Crippen molar-refractivity contribution in [2.45, 2.75) is 19.5 Å². The van der Waals surface area contributed by atoms with Crippen LogP contribution in [0.5, 0.6) is 0 Å². The number of rotatable bonds is 5. The number of ether oxygens (including phenoxy) is 2. The Labute approximate surface area is 107 Å². The molecule has 5 nitrogen and oxygen atoms in total. The van der Waals surface area contributed by atoms with Crippen LogP contribution in [0, 0.1) is 0 Å². The van der Waals surface area contributed by atoms with E-state index < -0.39 is 23.4 Å². The van der Waals surface area contributed by atoms with Crippen LogP contribution in [0.2, 0.25) is 0 Å². The molecule has 19 heavy (non-hydrogen) atoms. The van der Waals surface area contributed by atoms with Gasteiger partial charge in [-0.15, -0.1) is 0 Å². The normalized spacial score (nSPS) is 11.4. The monoisotopic (exact) mass is 278 g/mol. The molecule has 0 N–H and O–H groups in total. The van der Waals surface area contributed by atoms with E-state index in [4.69, 9.17) is 4.74 Å². The van der Waals surface area contributed by atoms with E-state index in [9.17, 15) is 18.0 Å². The first kappa shape index (κ1) is 15.4. The SMILES string of the molecule is CCOC(=O)c1cnc(CCOC)nc1C(F)(F)F. The number of hydrogen-bond acceptors (Lipinski definition) is 5. The smallest absolute Gasteiger partial charge is 0.434 e. The summed E-state index contributed by atoms with van der Waals surface area (Å²) in [5, 5.41) is 0. The van der Waals surface area contributed by atoms with Gasteiger partial charge in [-0.05, 0) is 6.92 Å². The van der Waals surface area contributed by atoms with Crippen LogP contribution in [-0.2, 0) is 22.1 Å². The molecule has 0 fully saturated rings. The summed E-state index contributed by atoms with van der Waals surface area (Å²) in [5.41, 5.74) is -1.97. The number of methoxy groups -OCH3 is 1. The molecular formula is C11H13F3N2O3. The molecule has 8 heteroatoms. The molecule has 106 valence electrons. The Hall–Kier alpha value is -1.70. The minimum atomic E-state index is -4.74. The molecule has 0 saturated heterocycles. The van der Waals surface area contributed by atoms with Crippen molar-refractivity contribution in [1.29, 1.82) is 0 Å². The summed E-state index contributed by atoms with van der Waals surface area (Å²) >= 11 is 0. The summed E-state index contributed by atoms with van der Waals surface area (Å²) in [6.45, 7) is 1.66. The number of halogens is 3. The Morgan fingerprint density at radius 2 is 2.11 bits per heavy atom. The van der Waals surface area contributed by atoms with Crippen molar-refractivity contribution < 1.29 is 27.4 Å². The fraction of sp³-hybridized carbons (Fsp3) is 0.545. The number of carbonyl (C=O) groups is 1. The van der Waals surface area contributed by atoms with Gasteiger partial charge in [0.15, 0.2) is 5.69 Å². The summed E-state index contributed by atoms with van der Waals surface area (Å²) in [4.78, 5) is 18.5. The predicted molar refractivity (Wildman–Crippen MR) is 58.6 cm³/mol. The first-order chi connectivity index (χ1) is 8.90. The fourth-order valence-corrected chi connectivity index (χ4v) is 1.31. The van der Waals surface area contributed by atoms with E-state index in [1.807, 2.05) is 0 Å². The Kier molecular flexibility index (Phi) is 5.22. The van der Waals surface area contributed by atoms with E-state index >= 15 is 0 Å². The van der Waals surface area contributed by atoms with Crippen molar-refractivity contribution in [3.05, 3.63) is 23.3 Å². The van der Waals surface area contributed by atoms with Crippen molar-refractivity contribution in [1.82, 2.24) is 9.97 Å². The largest absolute Gasteiger partial charge is 0.462 e. The summed E-state index contributed by atoms with van der Waals surface area (Å²) in [5.74, 6) is -1.13. The van der Waals surface area contributed by atoms with Gasteiger partial charge in [0.1, 0.15) is 11.4 Å². The minimum absolute atomic E-state index is 0.0262. The van der Waals surface area contributed by atoms with Gasteiger partial charge in [0.2, 0.25) is 0 Å². The van der Waals surface area contributed by atoms with Gasteiger partial charge in [-0.1, -0.05) is 0 Å². The number of esters is 1. The Bertz CT molecular complexity index is 449. The van der Waals surface area contributed by atoms with Gasteiger partial charge in [-0.3, -0.25) is 0 Å². The molecule has 0 aliphatic rings. The summed E-state index contributed by atoms with van der Waals surface area (Å²) in [6, 6.07) is 0. The molecule has 1 aromatic rings. The third-order valence-electron chi connectivity index (χ3n) is 2.13. The highest BCUT2D eigenvalue weighted by Crippen LogP contribution is 2.30. The lowest BCUT2D eigenvalue weighted by Crippen LogP contribution is -2.19. The zero-order valence-electron chi connectivity index (χ0n) is 10.5. The lowest BCUT2D eigenvalue weighted by atomic mass is 10.2. The van der Waals surface area contributed by atoms with Gasteiger partial charge in [0.25, 0.3) is 0 Å². The van der Waals surface area contributed by atoms with E-state index in [1.165, 1.54) is 14.0 Å². The number of nitrogens with zero attached hydrogens (tertiary/aromatic N) is 2. The van der Waals surface area contributed by atoms with Crippen LogP contribution in [0.4, 0.5) is 13.2 Å². The highest BCUT2D eigenvalue weighted by atomic mass is 19.4. The molecule has 0 aromatic carbocycles. The highest BCUT2D eigenvalue weighted by molar-refractivity contribution is 5.90. The van der Waals surface area contributed by atoms with Crippen molar-refractivity contribution in [2.24, 2.45) is 0 Å². The Balaban J connectivity index is 3.13. The van der Waals surface area contributed by atoms with E-state index in [0.717, 1.165) is 6.20 Å². The number of alkyl halides is 3. The fourth-order valence-electron chi connectivity index (χ4n) is 1.31. The van der Waals surface area contributed by atoms with Crippen LogP contribution in [0.3, 0.4) is 0 Å². The van der Waals surface area contributed by atoms with E-state index in [0.29, 0.717) is 0 Å². The standard InChI is InChI=1S/C11H13F3N2O3/c1-3-19-10(17)7-6-15-8(4-5-18-2)16-9(7)11(12,13)14/h6H,3-5H2,1-2H3. The topological polar surface area (TPSA) is 61.3 Å². The average molecular weight is 278 g/mol. The molecule has 0 atom stereocenters. The van der Waals surface area contributed by atoms with Crippen LogP contribution in [0.1, 0.15) is 28.8 Å². The third kappa shape index (κ3) is 4.16. The lowest BCUT2D eigenvalue weighted by Gasteiger charge is -2.11. The summed E-state index contributed by atoms with van der Waals surface area (Å²) in [7, 11) is 1.41.